The molecule has 6 rings (SSSR count). The van der Waals surface area contributed by atoms with Crippen molar-refractivity contribution in [1.29, 1.82) is 0 Å². The molecule has 3 fully saturated rings. The van der Waals surface area contributed by atoms with E-state index in [9.17, 15) is 30.0 Å². The molecule has 1 aromatic heterocycles. The number of aliphatic hydroxyl groups is 4. The molecular formula is C36H43NO8. The lowest BCUT2D eigenvalue weighted by molar-refractivity contribution is -0.326. The number of esters is 2. The van der Waals surface area contributed by atoms with Crippen LogP contribution in [0.1, 0.15) is 81.6 Å². The summed E-state index contributed by atoms with van der Waals surface area (Å²) in [5, 5.41) is 48.6. The summed E-state index contributed by atoms with van der Waals surface area (Å²) in [7, 11) is 0. The lowest BCUT2D eigenvalue weighted by Crippen LogP contribution is -2.78. The van der Waals surface area contributed by atoms with E-state index in [4.69, 9.17) is 9.47 Å². The molecule has 9 nitrogen and oxygen atoms in total. The van der Waals surface area contributed by atoms with Crippen molar-refractivity contribution < 1.29 is 39.5 Å². The molecule has 1 aromatic carbocycles. The normalized spacial score (nSPS) is 39.6. The van der Waals surface area contributed by atoms with E-state index in [0.29, 0.717) is 19.3 Å². The van der Waals surface area contributed by atoms with Crippen molar-refractivity contribution in [2.24, 2.45) is 16.7 Å². The SMILES string of the molecule is CC(OC(=O)c1cccnc1)C1(O)CCC2(O)C3(O)CC=C4CC(O)CCC4(C)C3CC(OC(=O)C=Cc3ccccc3)C12C. The monoisotopic (exact) mass is 617 g/mol. The van der Waals surface area contributed by atoms with E-state index >= 15 is 0 Å². The number of hydrogen-bond acceptors (Lipinski definition) is 9. The highest BCUT2D eigenvalue weighted by Crippen LogP contribution is 2.71. The summed E-state index contributed by atoms with van der Waals surface area (Å²) in [6, 6.07) is 12.5. The number of aromatic nitrogens is 1. The number of nitrogens with zero attached hydrogens (tertiary/aromatic N) is 1. The minimum Gasteiger partial charge on any atom is -0.458 e. The fourth-order valence-corrected chi connectivity index (χ4v) is 9.21. The number of benzene rings is 1. The number of carbonyl (C=O) groups excluding carboxylic acids is 2. The van der Waals surface area contributed by atoms with Crippen molar-refractivity contribution in [2.75, 3.05) is 0 Å². The van der Waals surface area contributed by atoms with E-state index in [1.54, 1.807) is 32.1 Å². The van der Waals surface area contributed by atoms with E-state index in [2.05, 4.69) is 11.9 Å². The molecule has 1 heterocycles. The number of carbonyl (C=O) groups is 2. The van der Waals surface area contributed by atoms with Gasteiger partial charge >= 0.3 is 11.9 Å². The number of ether oxygens (including phenoxy) is 2. The molecule has 0 aliphatic heterocycles. The Labute approximate surface area is 263 Å². The molecule has 9 atom stereocenters. The van der Waals surface area contributed by atoms with Crippen LogP contribution in [-0.4, -0.2) is 72.5 Å². The molecule has 2 aromatic rings. The number of aliphatic hydroxyl groups excluding tert-OH is 1. The van der Waals surface area contributed by atoms with Crippen LogP contribution < -0.4 is 0 Å². The minimum atomic E-state index is -1.91. The standard InChI is InChI=1S/C36H43NO8/c1-23(44-31(40)25-10-7-19-37-22-25)34(41)17-18-36(43)33(34,3)29(45-30(39)12-11-24-8-5-4-6-9-24)21-28-32(2)15-14-27(38)20-26(32)13-16-35(28,36)42/h4-13,19,22-23,27-29,38,41-43H,14-18,20-21H2,1-3H3. The lowest BCUT2D eigenvalue weighted by atomic mass is 9.42. The third-order valence-corrected chi connectivity index (χ3v) is 12.0. The van der Waals surface area contributed by atoms with Gasteiger partial charge in [0.25, 0.3) is 0 Å². The van der Waals surface area contributed by atoms with E-state index in [0.717, 1.165) is 11.1 Å². The molecule has 9 unspecified atom stereocenters. The van der Waals surface area contributed by atoms with Crippen LogP contribution in [-0.2, 0) is 14.3 Å². The van der Waals surface area contributed by atoms with Crippen LogP contribution in [0.4, 0.5) is 0 Å². The van der Waals surface area contributed by atoms with Gasteiger partial charge in [0.15, 0.2) is 0 Å². The maximum atomic E-state index is 13.4. The highest BCUT2D eigenvalue weighted by molar-refractivity contribution is 5.89. The maximum Gasteiger partial charge on any atom is 0.340 e. The van der Waals surface area contributed by atoms with Crippen LogP contribution in [0, 0.1) is 16.7 Å². The second kappa shape index (κ2) is 11.2. The van der Waals surface area contributed by atoms with Gasteiger partial charge in [-0.15, -0.1) is 0 Å². The first-order valence-corrected chi connectivity index (χ1v) is 15.9. The summed E-state index contributed by atoms with van der Waals surface area (Å²) < 4.78 is 12.0. The molecule has 3 saturated carbocycles. The molecule has 4 aliphatic carbocycles. The van der Waals surface area contributed by atoms with E-state index in [1.165, 1.54) is 18.5 Å². The van der Waals surface area contributed by atoms with Gasteiger partial charge < -0.3 is 29.9 Å². The summed E-state index contributed by atoms with van der Waals surface area (Å²) in [6.45, 7) is 5.27. The minimum absolute atomic E-state index is 0.00241. The third-order valence-electron chi connectivity index (χ3n) is 12.0. The Morgan fingerprint density at radius 2 is 1.80 bits per heavy atom. The molecule has 0 radical (unpaired) electrons. The van der Waals surface area contributed by atoms with Crippen LogP contribution in [0.2, 0.25) is 0 Å². The molecule has 4 aliphatic rings. The Balaban J connectivity index is 1.40. The summed E-state index contributed by atoms with van der Waals surface area (Å²) in [4.78, 5) is 30.5. The quantitative estimate of drug-likeness (QED) is 0.213. The van der Waals surface area contributed by atoms with Crippen LogP contribution in [0.25, 0.3) is 6.08 Å². The highest BCUT2D eigenvalue weighted by Gasteiger charge is 2.81. The van der Waals surface area contributed by atoms with E-state index < -0.39 is 63.8 Å². The van der Waals surface area contributed by atoms with Gasteiger partial charge in [0, 0.05) is 24.4 Å². The molecule has 45 heavy (non-hydrogen) atoms. The zero-order chi connectivity index (χ0) is 32.3. The average Bonchev–Trinajstić information content (AvgIpc) is 3.26. The second-order valence-electron chi connectivity index (χ2n) is 13.9. The fourth-order valence-electron chi connectivity index (χ4n) is 9.21. The van der Waals surface area contributed by atoms with Gasteiger partial charge in [-0.2, -0.15) is 0 Å². The zero-order valence-corrected chi connectivity index (χ0v) is 26.1. The Hall–Kier alpha value is -3.37. The number of rotatable bonds is 6. The van der Waals surface area contributed by atoms with Crippen molar-refractivity contribution in [3.8, 4) is 0 Å². The number of fused-ring (bicyclic) bond motifs is 5. The van der Waals surface area contributed by atoms with Crippen LogP contribution >= 0.6 is 0 Å². The van der Waals surface area contributed by atoms with E-state index in [1.807, 2.05) is 36.4 Å². The zero-order valence-electron chi connectivity index (χ0n) is 26.1. The van der Waals surface area contributed by atoms with Gasteiger partial charge in [-0.3, -0.25) is 4.98 Å². The van der Waals surface area contributed by atoms with Gasteiger partial charge in [-0.25, -0.2) is 9.59 Å². The van der Waals surface area contributed by atoms with Crippen molar-refractivity contribution >= 4 is 18.0 Å². The smallest absolute Gasteiger partial charge is 0.340 e. The van der Waals surface area contributed by atoms with Crippen LogP contribution in [0.3, 0.4) is 0 Å². The van der Waals surface area contributed by atoms with Gasteiger partial charge in [0.05, 0.1) is 17.1 Å². The molecule has 0 saturated heterocycles. The molecule has 0 amide bonds. The molecular weight excluding hydrogens is 574 g/mol. The molecule has 240 valence electrons. The molecule has 9 heteroatoms. The largest absolute Gasteiger partial charge is 0.458 e. The second-order valence-corrected chi connectivity index (χ2v) is 13.9. The number of hydrogen-bond donors (Lipinski definition) is 4. The van der Waals surface area contributed by atoms with Gasteiger partial charge in [-0.1, -0.05) is 55.8 Å². The summed E-state index contributed by atoms with van der Waals surface area (Å²) in [6.07, 6.45) is 7.05. The predicted molar refractivity (Wildman–Crippen MR) is 165 cm³/mol. The predicted octanol–water partition coefficient (Wildman–Crippen LogP) is 4.15. The van der Waals surface area contributed by atoms with Crippen molar-refractivity contribution in [2.45, 2.75) is 101 Å². The van der Waals surface area contributed by atoms with Crippen molar-refractivity contribution in [3.05, 3.63) is 83.7 Å². The van der Waals surface area contributed by atoms with Crippen molar-refractivity contribution in [3.63, 3.8) is 0 Å². The van der Waals surface area contributed by atoms with Crippen LogP contribution in [0.15, 0.2) is 72.6 Å². The number of pyridine rings is 1. The summed E-state index contributed by atoms with van der Waals surface area (Å²) >= 11 is 0. The van der Waals surface area contributed by atoms with Crippen molar-refractivity contribution in [1.82, 2.24) is 4.98 Å². The van der Waals surface area contributed by atoms with E-state index in [-0.39, 0.29) is 31.2 Å². The molecule has 0 spiro atoms. The summed E-state index contributed by atoms with van der Waals surface area (Å²) in [5.41, 5.74) is -5.62. The van der Waals surface area contributed by atoms with Crippen LogP contribution in [0.5, 0.6) is 0 Å². The lowest BCUT2D eigenvalue weighted by Gasteiger charge is -2.67. The first-order valence-electron chi connectivity index (χ1n) is 15.9. The Kier molecular flexibility index (Phi) is 7.84. The Bertz CT molecular complexity index is 1510. The van der Waals surface area contributed by atoms with Gasteiger partial charge in [-0.05, 0) is 81.1 Å². The highest BCUT2D eigenvalue weighted by atomic mass is 16.6. The van der Waals surface area contributed by atoms with Gasteiger partial charge in [0.2, 0.25) is 0 Å². The first-order chi connectivity index (χ1) is 21.3. The maximum absolute atomic E-state index is 13.4. The average molecular weight is 618 g/mol. The first kappa shape index (κ1) is 31.6. The Morgan fingerprint density at radius 3 is 2.51 bits per heavy atom. The topological polar surface area (TPSA) is 146 Å². The Morgan fingerprint density at radius 1 is 1.04 bits per heavy atom. The summed E-state index contributed by atoms with van der Waals surface area (Å²) in [5.74, 6) is -1.86. The van der Waals surface area contributed by atoms with Gasteiger partial charge in [0.1, 0.15) is 29.0 Å². The fraction of sp³-hybridized carbons (Fsp3) is 0.528. The third kappa shape index (κ3) is 4.70. The molecule has 0 bridgehead atoms. The molecule has 4 N–H and O–H groups in total.